The first kappa shape index (κ1) is 7.74. The van der Waals surface area contributed by atoms with Gasteiger partial charge in [0.2, 0.25) is 0 Å². The molecule has 0 saturated heterocycles. The molecular weight excluding hydrogens is 148 g/mol. The Labute approximate surface area is 72.8 Å². The summed E-state index contributed by atoms with van der Waals surface area (Å²) in [5, 5.41) is 0. The summed E-state index contributed by atoms with van der Waals surface area (Å²) in [6, 6.07) is 4.18. The molecule has 2 rings (SSSR count). The van der Waals surface area contributed by atoms with E-state index < -0.39 is 0 Å². The number of rotatable bonds is 2. The van der Waals surface area contributed by atoms with Crippen molar-refractivity contribution in [3.8, 4) is 0 Å². The van der Waals surface area contributed by atoms with Gasteiger partial charge in [-0.1, -0.05) is 13.0 Å². The second kappa shape index (κ2) is 2.56. The fraction of sp³-hybridized carbons (Fsp3) is 0.500. The van der Waals surface area contributed by atoms with Crippen molar-refractivity contribution in [2.75, 3.05) is 0 Å². The SMILES string of the molecule is CCc1ccc(C2(N)CC2)nc1. The van der Waals surface area contributed by atoms with Crippen LogP contribution in [-0.4, -0.2) is 4.98 Å². The maximum atomic E-state index is 6.00. The minimum absolute atomic E-state index is 0.0771. The monoisotopic (exact) mass is 162 g/mol. The number of aryl methyl sites for hydroxylation is 1. The summed E-state index contributed by atoms with van der Waals surface area (Å²) in [5.74, 6) is 0. The Morgan fingerprint density at radius 3 is 2.67 bits per heavy atom. The lowest BCUT2D eigenvalue weighted by atomic mass is 10.1. The zero-order valence-corrected chi connectivity index (χ0v) is 7.38. The van der Waals surface area contributed by atoms with E-state index in [0.29, 0.717) is 0 Å². The van der Waals surface area contributed by atoms with Gasteiger partial charge in [-0.15, -0.1) is 0 Å². The predicted octanol–water partition coefficient (Wildman–Crippen LogP) is 1.59. The second-order valence-corrected chi connectivity index (χ2v) is 3.56. The molecule has 0 amide bonds. The second-order valence-electron chi connectivity index (χ2n) is 3.56. The van der Waals surface area contributed by atoms with Gasteiger partial charge in [-0.2, -0.15) is 0 Å². The van der Waals surface area contributed by atoms with Crippen LogP contribution >= 0.6 is 0 Å². The van der Waals surface area contributed by atoms with Crippen LogP contribution in [0.2, 0.25) is 0 Å². The van der Waals surface area contributed by atoms with E-state index >= 15 is 0 Å². The summed E-state index contributed by atoms with van der Waals surface area (Å²) in [5.41, 5.74) is 8.26. The van der Waals surface area contributed by atoms with Crippen LogP contribution in [0.4, 0.5) is 0 Å². The molecule has 0 bridgehead atoms. The topological polar surface area (TPSA) is 38.9 Å². The number of hydrogen-bond acceptors (Lipinski definition) is 2. The summed E-state index contributed by atoms with van der Waals surface area (Å²) in [6.07, 6.45) is 5.16. The van der Waals surface area contributed by atoms with Gasteiger partial charge in [-0.3, -0.25) is 4.98 Å². The van der Waals surface area contributed by atoms with Crippen LogP contribution in [0.5, 0.6) is 0 Å². The molecule has 1 heterocycles. The molecule has 1 fully saturated rings. The van der Waals surface area contributed by atoms with Crippen LogP contribution in [0.15, 0.2) is 18.3 Å². The average Bonchev–Trinajstić information content (AvgIpc) is 2.85. The maximum absolute atomic E-state index is 6.00. The lowest BCUT2D eigenvalue weighted by molar-refractivity contribution is 0.706. The van der Waals surface area contributed by atoms with Crippen LogP contribution in [-0.2, 0) is 12.0 Å². The normalized spacial score (nSPS) is 19.2. The quantitative estimate of drug-likeness (QED) is 0.717. The molecule has 12 heavy (non-hydrogen) atoms. The molecule has 0 radical (unpaired) electrons. The smallest absolute Gasteiger partial charge is 0.0602 e. The highest BCUT2D eigenvalue weighted by molar-refractivity contribution is 5.24. The van der Waals surface area contributed by atoms with Crippen LogP contribution in [0.1, 0.15) is 31.0 Å². The predicted molar refractivity (Wildman–Crippen MR) is 48.7 cm³/mol. The zero-order valence-electron chi connectivity index (χ0n) is 7.38. The van der Waals surface area contributed by atoms with E-state index in [1.165, 1.54) is 5.56 Å². The highest BCUT2D eigenvalue weighted by Gasteiger charge is 2.41. The van der Waals surface area contributed by atoms with E-state index in [9.17, 15) is 0 Å². The van der Waals surface area contributed by atoms with Crippen molar-refractivity contribution in [1.29, 1.82) is 0 Å². The summed E-state index contributed by atoms with van der Waals surface area (Å²) < 4.78 is 0. The first-order chi connectivity index (χ1) is 5.74. The summed E-state index contributed by atoms with van der Waals surface area (Å²) >= 11 is 0. The largest absolute Gasteiger partial charge is 0.320 e. The maximum Gasteiger partial charge on any atom is 0.0602 e. The van der Waals surface area contributed by atoms with Crippen molar-refractivity contribution in [2.24, 2.45) is 5.73 Å². The Morgan fingerprint density at radius 2 is 2.25 bits per heavy atom. The number of hydrogen-bond donors (Lipinski definition) is 1. The lowest BCUT2D eigenvalue weighted by Crippen LogP contribution is -2.20. The number of pyridine rings is 1. The third-order valence-corrected chi connectivity index (χ3v) is 2.53. The summed E-state index contributed by atoms with van der Waals surface area (Å²) in [6.45, 7) is 2.13. The van der Waals surface area contributed by atoms with Gasteiger partial charge in [-0.05, 0) is 30.9 Å². The third-order valence-electron chi connectivity index (χ3n) is 2.53. The molecule has 1 aliphatic carbocycles. The van der Waals surface area contributed by atoms with Gasteiger partial charge < -0.3 is 5.73 Å². The van der Waals surface area contributed by atoms with Crippen molar-refractivity contribution in [2.45, 2.75) is 31.7 Å². The van der Waals surface area contributed by atoms with Crippen molar-refractivity contribution in [3.63, 3.8) is 0 Å². The molecule has 2 nitrogen and oxygen atoms in total. The average molecular weight is 162 g/mol. The van der Waals surface area contributed by atoms with Crippen molar-refractivity contribution >= 4 is 0 Å². The fourth-order valence-corrected chi connectivity index (χ4v) is 1.32. The molecule has 0 unspecified atom stereocenters. The van der Waals surface area contributed by atoms with Crippen molar-refractivity contribution in [3.05, 3.63) is 29.6 Å². The van der Waals surface area contributed by atoms with Crippen LogP contribution in [0.3, 0.4) is 0 Å². The minimum Gasteiger partial charge on any atom is -0.320 e. The standard InChI is InChI=1S/C10H14N2/c1-2-8-3-4-9(12-7-8)10(11)5-6-10/h3-4,7H,2,5-6,11H2,1H3. The number of nitrogens with two attached hydrogens (primary N) is 1. The van der Waals surface area contributed by atoms with Gasteiger partial charge in [0, 0.05) is 6.20 Å². The highest BCUT2D eigenvalue weighted by atomic mass is 14.9. The summed E-state index contributed by atoms with van der Waals surface area (Å²) in [4.78, 5) is 4.36. The van der Waals surface area contributed by atoms with E-state index in [1.807, 2.05) is 6.20 Å². The van der Waals surface area contributed by atoms with E-state index in [1.54, 1.807) is 0 Å². The van der Waals surface area contributed by atoms with Gasteiger partial charge in [0.25, 0.3) is 0 Å². The molecule has 1 saturated carbocycles. The molecule has 1 aliphatic rings. The van der Waals surface area contributed by atoms with Gasteiger partial charge in [-0.25, -0.2) is 0 Å². The number of aromatic nitrogens is 1. The third kappa shape index (κ3) is 1.23. The van der Waals surface area contributed by atoms with Gasteiger partial charge in [0.15, 0.2) is 0 Å². The van der Waals surface area contributed by atoms with Crippen LogP contribution in [0, 0.1) is 0 Å². The van der Waals surface area contributed by atoms with Crippen LogP contribution < -0.4 is 5.73 Å². The highest BCUT2D eigenvalue weighted by Crippen LogP contribution is 2.41. The molecule has 2 heteroatoms. The molecule has 0 spiro atoms. The molecule has 2 N–H and O–H groups in total. The van der Waals surface area contributed by atoms with Gasteiger partial charge >= 0.3 is 0 Å². The Balaban J connectivity index is 2.25. The molecule has 0 aliphatic heterocycles. The molecule has 1 aromatic rings. The molecular formula is C10H14N2. The number of nitrogens with zero attached hydrogens (tertiary/aromatic N) is 1. The molecule has 0 aromatic carbocycles. The zero-order chi connectivity index (χ0) is 8.60. The van der Waals surface area contributed by atoms with E-state index in [0.717, 1.165) is 25.0 Å². The van der Waals surface area contributed by atoms with Crippen LogP contribution in [0.25, 0.3) is 0 Å². The van der Waals surface area contributed by atoms with Crippen molar-refractivity contribution in [1.82, 2.24) is 4.98 Å². The molecule has 64 valence electrons. The Kier molecular flexibility index (Phi) is 1.65. The fourth-order valence-electron chi connectivity index (χ4n) is 1.32. The molecule has 0 atom stereocenters. The van der Waals surface area contributed by atoms with E-state index in [2.05, 4.69) is 24.0 Å². The minimum atomic E-state index is -0.0771. The Morgan fingerprint density at radius 1 is 1.50 bits per heavy atom. The molecule has 1 aromatic heterocycles. The first-order valence-electron chi connectivity index (χ1n) is 4.49. The Hall–Kier alpha value is -0.890. The lowest BCUT2D eigenvalue weighted by Gasteiger charge is -2.07. The van der Waals surface area contributed by atoms with Gasteiger partial charge in [0.05, 0.1) is 11.2 Å². The van der Waals surface area contributed by atoms with Crippen molar-refractivity contribution < 1.29 is 0 Å². The first-order valence-corrected chi connectivity index (χ1v) is 4.49. The van der Waals surface area contributed by atoms with E-state index in [-0.39, 0.29) is 5.54 Å². The van der Waals surface area contributed by atoms with E-state index in [4.69, 9.17) is 5.73 Å². The Bertz CT molecular complexity index is 272. The summed E-state index contributed by atoms with van der Waals surface area (Å²) in [7, 11) is 0. The van der Waals surface area contributed by atoms with Gasteiger partial charge in [0.1, 0.15) is 0 Å².